The van der Waals surface area contributed by atoms with Gasteiger partial charge in [-0.25, -0.2) is 6.57 Å². The van der Waals surface area contributed by atoms with Gasteiger partial charge in [0.15, 0.2) is 0 Å². The highest BCUT2D eigenvalue weighted by Gasteiger charge is 2.19. The predicted octanol–water partition coefficient (Wildman–Crippen LogP) is 3.25. The Morgan fingerprint density at radius 2 is 1.89 bits per heavy atom. The molecule has 0 atom stereocenters. The number of hydrogen-bond donors (Lipinski definition) is 0. The maximum atomic E-state index is 6.78. The van der Waals surface area contributed by atoms with Crippen molar-refractivity contribution in [2.45, 2.75) is 25.7 Å². The lowest BCUT2D eigenvalue weighted by atomic mass is 9.90. The van der Waals surface area contributed by atoms with Crippen molar-refractivity contribution in [1.82, 2.24) is 4.90 Å². The van der Waals surface area contributed by atoms with E-state index in [4.69, 9.17) is 6.57 Å². The SMILES string of the molecule is [C-]#[N+]CCCN1CCC(Cc2ccccc2)CC1. The quantitative estimate of drug-likeness (QED) is 0.568. The van der Waals surface area contributed by atoms with Crippen molar-refractivity contribution in [3.8, 4) is 0 Å². The second-order valence-corrected chi connectivity index (χ2v) is 5.21. The summed E-state index contributed by atoms with van der Waals surface area (Å²) < 4.78 is 0. The minimum atomic E-state index is 0.684. The Kier molecular flexibility index (Phi) is 5.23. The van der Waals surface area contributed by atoms with Gasteiger partial charge in [-0.05, 0) is 43.8 Å². The van der Waals surface area contributed by atoms with Crippen LogP contribution in [0, 0.1) is 12.5 Å². The molecule has 1 aliphatic heterocycles. The molecule has 1 aliphatic rings. The van der Waals surface area contributed by atoms with Gasteiger partial charge >= 0.3 is 0 Å². The first-order valence-electron chi connectivity index (χ1n) is 6.98. The molecule has 0 bridgehead atoms. The van der Waals surface area contributed by atoms with Crippen LogP contribution in [-0.4, -0.2) is 31.1 Å². The highest BCUT2D eigenvalue weighted by atomic mass is 15.1. The van der Waals surface area contributed by atoms with Crippen LogP contribution in [-0.2, 0) is 6.42 Å². The van der Waals surface area contributed by atoms with Crippen LogP contribution in [0.1, 0.15) is 24.8 Å². The summed E-state index contributed by atoms with van der Waals surface area (Å²) in [4.78, 5) is 5.93. The van der Waals surface area contributed by atoms with Crippen LogP contribution in [0.25, 0.3) is 4.85 Å². The van der Waals surface area contributed by atoms with E-state index in [0.717, 1.165) is 18.9 Å². The van der Waals surface area contributed by atoms with Gasteiger partial charge in [0.05, 0.1) is 0 Å². The zero-order valence-corrected chi connectivity index (χ0v) is 11.0. The van der Waals surface area contributed by atoms with Gasteiger partial charge in [-0.1, -0.05) is 30.3 Å². The van der Waals surface area contributed by atoms with Crippen LogP contribution < -0.4 is 0 Å². The molecule has 0 unspecified atom stereocenters. The largest absolute Gasteiger partial charge is 0.317 e. The van der Waals surface area contributed by atoms with Gasteiger partial charge in [0.2, 0.25) is 6.54 Å². The lowest BCUT2D eigenvalue weighted by molar-refractivity contribution is 0.184. The molecule has 18 heavy (non-hydrogen) atoms. The molecular weight excluding hydrogens is 220 g/mol. The molecule has 0 amide bonds. The van der Waals surface area contributed by atoms with Gasteiger partial charge < -0.3 is 9.74 Å². The van der Waals surface area contributed by atoms with Gasteiger partial charge in [-0.3, -0.25) is 0 Å². The smallest absolute Gasteiger partial charge is 0.215 e. The number of nitrogens with zero attached hydrogens (tertiary/aromatic N) is 2. The Bertz CT molecular complexity index is 372. The maximum Gasteiger partial charge on any atom is 0.215 e. The monoisotopic (exact) mass is 242 g/mol. The van der Waals surface area contributed by atoms with Crippen LogP contribution in [0.4, 0.5) is 0 Å². The van der Waals surface area contributed by atoms with E-state index in [1.54, 1.807) is 0 Å². The van der Waals surface area contributed by atoms with Crippen LogP contribution in [0.3, 0.4) is 0 Å². The second-order valence-electron chi connectivity index (χ2n) is 5.21. The summed E-state index contributed by atoms with van der Waals surface area (Å²) in [6, 6.07) is 10.8. The van der Waals surface area contributed by atoms with Crippen molar-refractivity contribution >= 4 is 0 Å². The number of likely N-dealkylation sites (tertiary alicyclic amines) is 1. The minimum Gasteiger partial charge on any atom is -0.317 e. The fourth-order valence-corrected chi connectivity index (χ4v) is 2.73. The summed E-state index contributed by atoms with van der Waals surface area (Å²) in [5.41, 5.74) is 1.48. The van der Waals surface area contributed by atoms with Crippen LogP contribution in [0.5, 0.6) is 0 Å². The molecule has 2 nitrogen and oxygen atoms in total. The second kappa shape index (κ2) is 7.18. The van der Waals surface area contributed by atoms with Crippen LogP contribution in [0.2, 0.25) is 0 Å². The lowest BCUT2D eigenvalue weighted by Gasteiger charge is -2.31. The first-order valence-corrected chi connectivity index (χ1v) is 6.98. The minimum absolute atomic E-state index is 0.684. The summed E-state index contributed by atoms with van der Waals surface area (Å²) in [5, 5.41) is 0. The van der Waals surface area contributed by atoms with Crippen LogP contribution >= 0.6 is 0 Å². The fraction of sp³-hybridized carbons (Fsp3) is 0.562. The van der Waals surface area contributed by atoms with E-state index in [1.807, 2.05) is 0 Å². The highest BCUT2D eigenvalue weighted by molar-refractivity contribution is 5.15. The Hall–Kier alpha value is -1.33. The van der Waals surface area contributed by atoms with E-state index in [2.05, 4.69) is 40.1 Å². The van der Waals surface area contributed by atoms with Crippen molar-refractivity contribution < 1.29 is 0 Å². The lowest BCUT2D eigenvalue weighted by Crippen LogP contribution is -2.35. The van der Waals surface area contributed by atoms with Crippen molar-refractivity contribution in [3.63, 3.8) is 0 Å². The third-order valence-electron chi connectivity index (χ3n) is 3.82. The molecule has 0 N–H and O–H groups in total. The number of rotatable bonds is 5. The molecule has 0 aliphatic carbocycles. The van der Waals surface area contributed by atoms with E-state index in [9.17, 15) is 0 Å². The van der Waals surface area contributed by atoms with Gasteiger partial charge in [0.25, 0.3) is 0 Å². The van der Waals surface area contributed by atoms with Crippen molar-refractivity contribution in [2.24, 2.45) is 5.92 Å². The summed E-state index contributed by atoms with van der Waals surface area (Å²) in [5.74, 6) is 0.851. The Morgan fingerprint density at radius 3 is 2.56 bits per heavy atom. The Morgan fingerprint density at radius 1 is 1.17 bits per heavy atom. The van der Waals surface area contributed by atoms with Crippen molar-refractivity contribution in [1.29, 1.82) is 0 Å². The predicted molar refractivity (Wildman–Crippen MR) is 75.4 cm³/mol. The fourth-order valence-electron chi connectivity index (χ4n) is 2.73. The molecule has 0 aromatic heterocycles. The Labute approximate surface area is 110 Å². The first-order chi connectivity index (χ1) is 8.88. The van der Waals surface area contributed by atoms with E-state index >= 15 is 0 Å². The third-order valence-corrected chi connectivity index (χ3v) is 3.82. The molecule has 1 saturated heterocycles. The number of benzene rings is 1. The Balaban J connectivity index is 1.69. The zero-order chi connectivity index (χ0) is 12.6. The van der Waals surface area contributed by atoms with E-state index in [0.29, 0.717) is 6.54 Å². The van der Waals surface area contributed by atoms with Crippen molar-refractivity contribution in [2.75, 3.05) is 26.2 Å². The van der Waals surface area contributed by atoms with E-state index < -0.39 is 0 Å². The molecule has 2 rings (SSSR count). The third kappa shape index (κ3) is 4.16. The molecule has 2 heteroatoms. The average molecular weight is 242 g/mol. The van der Waals surface area contributed by atoms with E-state index in [-0.39, 0.29) is 0 Å². The molecule has 0 saturated carbocycles. The van der Waals surface area contributed by atoms with Crippen molar-refractivity contribution in [3.05, 3.63) is 47.3 Å². The van der Waals surface area contributed by atoms with Gasteiger partial charge in [-0.2, -0.15) is 0 Å². The molecule has 1 aromatic carbocycles. The summed E-state index contributed by atoms with van der Waals surface area (Å²) in [6.45, 7) is 11.0. The summed E-state index contributed by atoms with van der Waals surface area (Å²) >= 11 is 0. The topological polar surface area (TPSA) is 7.60 Å². The molecule has 0 spiro atoms. The molecule has 1 fully saturated rings. The standard InChI is InChI=1S/C16H22N2/c1-17-10-5-11-18-12-8-16(9-13-18)14-15-6-3-2-4-7-15/h2-4,6-7,16H,5,8-14H2. The van der Waals surface area contributed by atoms with Gasteiger partial charge in [0.1, 0.15) is 0 Å². The van der Waals surface area contributed by atoms with Gasteiger partial charge in [-0.15, -0.1) is 0 Å². The maximum absolute atomic E-state index is 6.78. The number of hydrogen-bond acceptors (Lipinski definition) is 1. The summed E-state index contributed by atoms with van der Waals surface area (Å²) in [7, 11) is 0. The molecule has 1 heterocycles. The zero-order valence-electron chi connectivity index (χ0n) is 11.0. The van der Waals surface area contributed by atoms with E-state index in [1.165, 1.54) is 37.9 Å². The first kappa shape index (κ1) is 13.1. The van der Waals surface area contributed by atoms with Crippen LogP contribution in [0.15, 0.2) is 30.3 Å². The van der Waals surface area contributed by atoms with Gasteiger partial charge in [0, 0.05) is 13.0 Å². The molecule has 1 aromatic rings. The normalized spacial score (nSPS) is 17.5. The molecule has 96 valence electrons. The molecule has 0 radical (unpaired) electrons. The summed E-state index contributed by atoms with van der Waals surface area (Å²) in [6.07, 6.45) is 4.89. The number of piperidine rings is 1. The molecular formula is C16H22N2. The average Bonchev–Trinajstić information content (AvgIpc) is 2.42. The highest BCUT2D eigenvalue weighted by Crippen LogP contribution is 2.21.